The lowest BCUT2D eigenvalue weighted by Gasteiger charge is -2.36. The van der Waals surface area contributed by atoms with Crippen LogP contribution in [0.1, 0.15) is 26.3 Å². The summed E-state index contributed by atoms with van der Waals surface area (Å²) in [5.74, 6) is 0. The fourth-order valence-corrected chi connectivity index (χ4v) is 2.59. The topological polar surface area (TPSA) is 6.48 Å². The van der Waals surface area contributed by atoms with Crippen molar-refractivity contribution in [1.82, 2.24) is 4.90 Å². The van der Waals surface area contributed by atoms with E-state index in [0.717, 1.165) is 19.5 Å². The first-order chi connectivity index (χ1) is 8.46. The highest BCUT2D eigenvalue weighted by Crippen LogP contribution is 2.28. The normalized spacial score (nSPS) is 18.1. The summed E-state index contributed by atoms with van der Waals surface area (Å²) in [6.07, 6.45) is 1.15. The maximum Gasteiger partial charge on any atom is 0.0399 e. The molecule has 0 atom stereocenters. The lowest BCUT2D eigenvalue weighted by molar-refractivity contribution is 0.312. The van der Waals surface area contributed by atoms with Crippen LogP contribution in [0, 0.1) is 5.41 Å². The van der Waals surface area contributed by atoms with Gasteiger partial charge in [0.05, 0.1) is 0 Å². The molecular weight excluding hydrogens is 220 g/mol. The first kappa shape index (κ1) is 13.4. The standard InChI is InChI=1S/C16H26N2/c1-16(2,3)13-14-7-5-6-8-15(14)18-11-9-17(4)10-12-18/h5-8H,9-13H2,1-4H3. The van der Waals surface area contributed by atoms with E-state index in [1.165, 1.54) is 24.3 Å². The number of para-hydroxylation sites is 1. The van der Waals surface area contributed by atoms with Gasteiger partial charge >= 0.3 is 0 Å². The maximum absolute atomic E-state index is 2.54. The quantitative estimate of drug-likeness (QED) is 0.791. The Morgan fingerprint density at radius 3 is 2.22 bits per heavy atom. The van der Waals surface area contributed by atoms with Crippen LogP contribution in [-0.2, 0) is 6.42 Å². The van der Waals surface area contributed by atoms with Crippen LogP contribution >= 0.6 is 0 Å². The van der Waals surface area contributed by atoms with Gasteiger partial charge in [-0.2, -0.15) is 0 Å². The van der Waals surface area contributed by atoms with Crippen LogP contribution in [0.5, 0.6) is 0 Å². The number of rotatable bonds is 2. The molecule has 0 N–H and O–H groups in total. The molecule has 2 rings (SSSR count). The summed E-state index contributed by atoms with van der Waals surface area (Å²) in [6.45, 7) is 11.6. The summed E-state index contributed by atoms with van der Waals surface area (Å²) in [5.41, 5.74) is 3.29. The molecule has 0 saturated carbocycles. The SMILES string of the molecule is CN1CCN(c2ccccc2CC(C)(C)C)CC1. The molecule has 0 amide bonds. The average molecular weight is 246 g/mol. The molecule has 1 saturated heterocycles. The Labute approximate surface area is 112 Å². The molecule has 0 unspecified atom stereocenters. The molecule has 18 heavy (non-hydrogen) atoms. The second kappa shape index (κ2) is 5.31. The van der Waals surface area contributed by atoms with Crippen molar-refractivity contribution >= 4 is 5.69 Å². The number of hydrogen-bond acceptors (Lipinski definition) is 2. The summed E-state index contributed by atoms with van der Waals surface area (Å²) in [6, 6.07) is 8.91. The van der Waals surface area contributed by atoms with Gasteiger partial charge in [0.2, 0.25) is 0 Å². The van der Waals surface area contributed by atoms with Crippen LogP contribution in [0.25, 0.3) is 0 Å². The molecule has 0 aromatic heterocycles. The van der Waals surface area contributed by atoms with Gasteiger partial charge in [-0.3, -0.25) is 0 Å². The molecule has 1 aromatic rings. The number of anilines is 1. The zero-order valence-electron chi connectivity index (χ0n) is 12.2. The largest absolute Gasteiger partial charge is 0.369 e. The highest BCUT2D eigenvalue weighted by atomic mass is 15.2. The van der Waals surface area contributed by atoms with E-state index in [1.807, 2.05) is 0 Å². The lowest BCUT2D eigenvalue weighted by Crippen LogP contribution is -2.44. The minimum atomic E-state index is 0.350. The molecule has 1 aromatic carbocycles. The van der Waals surface area contributed by atoms with E-state index < -0.39 is 0 Å². The van der Waals surface area contributed by atoms with E-state index in [-0.39, 0.29) is 0 Å². The number of nitrogens with zero attached hydrogens (tertiary/aromatic N) is 2. The second-order valence-electron chi connectivity index (χ2n) is 6.66. The predicted octanol–water partition coefficient (Wildman–Crippen LogP) is 3.03. The van der Waals surface area contributed by atoms with Crippen molar-refractivity contribution in [3.8, 4) is 0 Å². The van der Waals surface area contributed by atoms with E-state index >= 15 is 0 Å². The van der Waals surface area contributed by atoms with Gasteiger partial charge in [-0.25, -0.2) is 0 Å². The Bertz CT molecular complexity index is 384. The molecular formula is C16H26N2. The van der Waals surface area contributed by atoms with Crippen molar-refractivity contribution in [3.05, 3.63) is 29.8 Å². The number of hydrogen-bond donors (Lipinski definition) is 0. The van der Waals surface area contributed by atoms with Crippen molar-refractivity contribution in [3.63, 3.8) is 0 Å². The second-order valence-corrected chi connectivity index (χ2v) is 6.66. The van der Waals surface area contributed by atoms with E-state index in [9.17, 15) is 0 Å². The van der Waals surface area contributed by atoms with E-state index in [4.69, 9.17) is 0 Å². The average Bonchev–Trinajstić information content (AvgIpc) is 2.29. The summed E-state index contributed by atoms with van der Waals surface area (Å²) >= 11 is 0. The summed E-state index contributed by atoms with van der Waals surface area (Å²) < 4.78 is 0. The van der Waals surface area contributed by atoms with Crippen LogP contribution in [0.15, 0.2) is 24.3 Å². The molecule has 0 aliphatic carbocycles. The first-order valence-corrected chi connectivity index (χ1v) is 6.97. The van der Waals surface area contributed by atoms with Crippen LogP contribution in [0.4, 0.5) is 5.69 Å². The summed E-state index contributed by atoms with van der Waals surface area (Å²) in [4.78, 5) is 4.95. The minimum Gasteiger partial charge on any atom is -0.369 e. The molecule has 0 radical (unpaired) electrons. The van der Waals surface area contributed by atoms with Gasteiger partial charge in [0.25, 0.3) is 0 Å². The molecule has 1 fully saturated rings. The van der Waals surface area contributed by atoms with Gasteiger partial charge in [0.1, 0.15) is 0 Å². The van der Waals surface area contributed by atoms with E-state index in [2.05, 4.69) is 61.9 Å². The smallest absolute Gasteiger partial charge is 0.0399 e. The number of likely N-dealkylation sites (N-methyl/N-ethyl adjacent to an activating group) is 1. The fourth-order valence-electron chi connectivity index (χ4n) is 2.59. The van der Waals surface area contributed by atoms with Gasteiger partial charge in [-0.05, 0) is 30.5 Å². The van der Waals surface area contributed by atoms with Crippen LogP contribution in [-0.4, -0.2) is 38.1 Å². The van der Waals surface area contributed by atoms with Crippen LogP contribution < -0.4 is 4.90 Å². The molecule has 100 valence electrons. The zero-order valence-corrected chi connectivity index (χ0v) is 12.2. The lowest BCUT2D eigenvalue weighted by atomic mass is 9.87. The van der Waals surface area contributed by atoms with Gasteiger partial charge < -0.3 is 9.80 Å². The third-order valence-electron chi connectivity index (χ3n) is 3.56. The van der Waals surface area contributed by atoms with Crippen molar-refractivity contribution in [1.29, 1.82) is 0 Å². The number of piperazine rings is 1. The van der Waals surface area contributed by atoms with Crippen LogP contribution in [0.3, 0.4) is 0 Å². The monoisotopic (exact) mass is 246 g/mol. The Morgan fingerprint density at radius 2 is 1.61 bits per heavy atom. The summed E-state index contributed by atoms with van der Waals surface area (Å²) in [5, 5.41) is 0. The molecule has 0 bridgehead atoms. The minimum absolute atomic E-state index is 0.350. The molecule has 2 nitrogen and oxygen atoms in total. The van der Waals surface area contributed by atoms with Crippen molar-refractivity contribution in [2.75, 3.05) is 38.1 Å². The van der Waals surface area contributed by atoms with E-state index in [0.29, 0.717) is 5.41 Å². The van der Waals surface area contributed by atoms with Crippen LogP contribution in [0.2, 0.25) is 0 Å². The fraction of sp³-hybridized carbons (Fsp3) is 0.625. The van der Waals surface area contributed by atoms with Gasteiger partial charge in [0, 0.05) is 31.9 Å². The maximum atomic E-state index is 2.54. The van der Waals surface area contributed by atoms with Gasteiger partial charge in [-0.15, -0.1) is 0 Å². The Morgan fingerprint density at radius 1 is 1.00 bits per heavy atom. The molecule has 1 heterocycles. The van der Waals surface area contributed by atoms with Crippen molar-refractivity contribution < 1.29 is 0 Å². The highest BCUT2D eigenvalue weighted by Gasteiger charge is 2.19. The molecule has 0 spiro atoms. The van der Waals surface area contributed by atoms with Gasteiger partial charge in [0.15, 0.2) is 0 Å². The first-order valence-electron chi connectivity index (χ1n) is 6.97. The van der Waals surface area contributed by atoms with E-state index in [1.54, 1.807) is 0 Å². The molecule has 1 aliphatic heterocycles. The van der Waals surface area contributed by atoms with Crippen molar-refractivity contribution in [2.24, 2.45) is 5.41 Å². The molecule has 1 aliphatic rings. The third-order valence-corrected chi connectivity index (χ3v) is 3.56. The Balaban J connectivity index is 2.17. The highest BCUT2D eigenvalue weighted by molar-refractivity contribution is 5.54. The summed E-state index contributed by atoms with van der Waals surface area (Å²) in [7, 11) is 2.21. The van der Waals surface area contributed by atoms with Gasteiger partial charge in [-0.1, -0.05) is 39.0 Å². The third kappa shape index (κ3) is 3.49. The number of benzene rings is 1. The Kier molecular flexibility index (Phi) is 3.96. The predicted molar refractivity (Wildman–Crippen MR) is 79.3 cm³/mol. The molecule has 2 heteroatoms. The zero-order chi connectivity index (χ0) is 13.2. The van der Waals surface area contributed by atoms with Crippen molar-refractivity contribution in [2.45, 2.75) is 27.2 Å². The Hall–Kier alpha value is -1.02.